The molecule has 0 saturated carbocycles. The van der Waals surface area contributed by atoms with Crippen molar-refractivity contribution in [3.05, 3.63) is 65.5 Å². The van der Waals surface area contributed by atoms with E-state index in [9.17, 15) is 0 Å². The number of aromatic nitrogens is 1. The molecule has 105 valence electrons. The molecule has 1 radical (unpaired) electrons. The van der Waals surface area contributed by atoms with Crippen molar-refractivity contribution in [2.75, 3.05) is 7.05 Å². The van der Waals surface area contributed by atoms with Gasteiger partial charge in [-0.05, 0) is 60.8 Å². The van der Waals surface area contributed by atoms with E-state index < -0.39 is 0 Å². The molecule has 0 spiro atoms. The molecule has 0 aliphatic carbocycles. The van der Waals surface area contributed by atoms with E-state index in [0.717, 1.165) is 13.1 Å². The second-order valence-electron chi connectivity index (χ2n) is 5.33. The minimum atomic E-state index is 0.949. The minimum absolute atomic E-state index is 0.949. The predicted octanol–water partition coefficient (Wildman–Crippen LogP) is 3.86. The first-order valence-electron chi connectivity index (χ1n) is 7.35. The number of benzene rings is 1. The van der Waals surface area contributed by atoms with Crippen molar-refractivity contribution in [1.82, 2.24) is 9.88 Å². The van der Waals surface area contributed by atoms with Crippen molar-refractivity contribution in [2.24, 2.45) is 0 Å². The fraction of sp³-hybridized carbons (Fsp3) is 0.389. The van der Waals surface area contributed by atoms with Crippen LogP contribution < -0.4 is 0 Å². The molecule has 0 unspecified atom stereocenters. The summed E-state index contributed by atoms with van der Waals surface area (Å²) in [6.07, 6.45) is 7.37. The van der Waals surface area contributed by atoms with Crippen LogP contribution in [-0.4, -0.2) is 16.9 Å². The Morgan fingerprint density at radius 3 is 2.65 bits per heavy atom. The van der Waals surface area contributed by atoms with E-state index in [1.165, 1.54) is 36.0 Å². The third-order valence-electron chi connectivity index (χ3n) is 3.49. The molecule has 1 aromatic heterocycles. The maximum absolute atomic E-state index is 4.06. The average Bonchev–Trinajstić information content (AvgIpc) is 2.47. The van der Waals surface area contributed by atoms with E-state index in [4.69, 9.17) is 0 Å². The lowest BCUT2D eigenvalue weighted by molar-refractivity contribution is 0.318. The molecule has 0 fully saturated rings. The topological polar surface area (TPSA) is 16.1 Å². The lowest BCUT2D eigenvalue weighted by Crippen LogP contribution is -2.18. The summed E-state index contributed by atoms with van der Waals surface area (Å²) in [5.41, 5.74) is 4.17. The fourth-order valence-corrected chi connectivity index (χ4v) is 2.40. The molecule has 0 saturated heterocycles. The Labute approximate surface area is 122 Å². The zero-order valence-electron chi connectivity index (χ0n) is 12.5. The molecule has 0 bridgehead atoms. The van der Waals surface area contributed by atoms with Crippen LogP contribution in [0.3, 0.4) is 0 Å². The standard InChI is InChI=1S/C18H23N2/c1-3-4-7-17-8-5-6-9-18(17)15-20(2)14-16-10-12-19-13-11-16/h5,8-13H,3-4,7,14-15H2,1-2H3. The van der Waals surface area contributed by atoms with Gasteiger partial charge in [0.15, 0.2) is 0 Å². The van der Waals surface area contributed by atoms with Crippen molar-refractivity contribution in [1.29, 1.82) is 0 Å². The van der Waals surface area contributed by atoms with Crippen LogP contribution >= 0.6 is 0 Å². The van der Waals surface area contributed by atoms with Gasteiger partial charge >= 0.3 is 0 Å². The summed E-state index contributed by atoms with van der Waals surface area (Å²) in [6.45, 7) is 4.16. The van der Waals surface area contributed by atoms with Gasteiger partial charge in [-0.3, -0.25) is 9.88 Å². The van der Waals surface area contributed by atoms with Gasteiger partial charge in [0.2, 0.25) is 0 Å². The van der Waals surface area contributed by atoms with Gasteiger partial charge in [0.05, 0.1) is 0 Å². The number of pyridine rings is 1. The van der Waals surface area contributed by atoms with E-state index in [2.05, 4.69) is 54.2 Å². The Morgan fingerprint density at radius 2 is 1.90 bits per heavy atom. The molecule has 2 heteroatoms. The Balaban J connectivity index is 1.98. The molecule has 0 amide bonds. The predicted molar refractivity (Wildman–Crippen MR) is 83.3 cm³/mol. The van der Waals surface area contributed by atoms with Crippen LogP contribution in [0.2, 0.25) is 0 Å². The highest BCUT2D eigenvalue weighted by Gasteiger charge is 2.06. The zero-order valence-corrected chi connectivity index (χ0v) is 12.5. The van der Waals surface area contributed by atoms with Gasteiger partial charge in [0, 0.05) is 25.5 Å². The summed E-state index contributed by atoms with van der Waals surface area (Å²) in [5, 5.41) is 0. The second-order valence-corrected chi connectivity index (χ2v) is 5.33. The van der Waals surface area contributed by atoms with Crippen molar-refractivity contribution < 1.29 is 0 Å². The summed E-state index contributed by atoms with van der Waals surface area (Å²) < 4.78 is 0. The van der Waals surface area contributed by atoms with Gasteiger partial charge in [-0.25, -0.2) is 0 Å². The Hall–Kier alpha value is -1.67. The molecular weight excluding hydrogens is 244 g/mol. The highest BCUT2D eigenvalue weighted by molar-refractivity contribution is 5.26. The normalized spacial score (nSPS) is 10.9. The maximum Gasteiger partial charge on any atom is 0.0271 e. The van der Waals surface area contributed by atoms with Gasteiger partial charge < -0.3 is 0 Å². The largest absolute Gasteiger partial charge is 0.298 e. The fourth-order valence-electron chi connectivity index (χ4n) is 2.40. The molecule has 0 N–H and O–H groups in total. The van der Waals surface area contributed by atoms with Crippen LogP contribution in [-0.2, 0) is 19.5 Å². The third-order valence-corrected chi connectivity index (χ3v) is 3.49. The van der Waals surface area contributed by atoms with Gasteiger partial charge in [0.1, 0.15) is 0 Å². The molecule has 0 aliphatic rings. The Kier molecular flexibility index (Phi) is 5.75. The lowest BCUT2D eigenvalue weighted by Gasteiger charge is -2.19. The van der Waals surface area contributed by atoms with Crippen LogP contribution in [0.25, 0.3) is 0 Å². The summed E-state index contributed by atoms with van der Waals surface area (Å²) in [7, 11) is 2.16. The lowest BCUT2D eigenvalue weighted by atomic mass is 10.0. The first kappa shape index (κ1) is 14.7. The number of rotatable bonds is 7. The quantitative estimate of drug-likeness (QED) is 0.757. The van der Waals surface area contributed by atoms with Crippen LogP contribution in [0.15, 0.2) is 42.7 Å². The average molecular weight is 267 g/mol. The summed E-state index contributed by atoms with van der Waals surface area (Å²) in [5.74, 6) is 0. The Bertz CT molecular complexity index is 508. The Morgan fingerprint density at radius 1 is 1.10 bits per heavy atom. The number of hydrogen-bond acceptors (Lipinski definition) is 2. The van der Waals surface area contributed by atoms with E-state index >= 15 is 0 Å². The van der Waals surface area contributed by atoms with Crippen LogP contribution in [0.1, 0.15) is 36.5 Å². The molecule has 2 nitrogen and oxygen atoms in total. The maximum atomic E-state index is 4.06. The van der Waals surface area contributed by atoms with Crippen LogP contribution in [0, 0.1) is 6.07 Å². The third kappa shape index (κ3) is 4.46. The second kappa shape index (κ2) is 7.81. The van der Waals surface area contributed by atoms with E-state index in [-0.39, 0.29) is 0 Å². The number of nitrogens with zero attached hydrogens (tertiary/aromatic N) is 2. The van der Waals surface area contributed by atoms with E-state index in [0.29, 0.717) is 0 Å². The molecule has 2 rings (SSSR count). The first-order valence-corrected chi connectivity index (χ1v) is 7.35. The molecule has 20 heavy (non-hydrogen) atoms. The van der Waals surface area contributed by atoms with E-state index in [1.807, 2.05) is 18.5 Å². The highest BCUT2D eigenvalue weighted by Crippen LogP contribution is 2.15. The van der Waals surface area contributed by atoms with Crippen molar-refractivity contribution in [3.63, 3.8) is 0 Å². The first-order chi connectivity index (χ1) is 9.79. The van der Waals surface area contributed by atoms with Crippen LogP contribution in [0.5, 0.6) is 0 Å². The molecular formula is C18H23N2. The van der Waals surface area contributed by atoms with E-state index in [1.54, 1.807) is 0 Å². The summed E-state index contributed by atoms with van der Waals surface area (Å²) >= 11 is 0. The van der Waals surface area contributed by atoms with Gasteiger partial charge in [-0.1, -0.05) is 25.5 Å². The number of hydrogen-bond donors (Lipinski definition) is 0. The number of unbranched alkanes of at least 4 members (excludes halogenated alkanes) is 1. The molecule has 1 heterocycles. The number of aryl methyl sites for hydroxylation is 1. The van der Waals surface area contributed by atoms with Crippen molar-refractivity contribution in [3.8, 4) is 0 Å². The zero-order chi connectivity index (χ0) is 14.2. The van der Waals surface area contributed by atoms with Crippen molar-refractivity contribution in [2.45, 2.75) is 39.3 Å². The molecule has 1 aromatic carbocycles. The SMILES string of the molecule is CCCCc1cc[c]cc1CN(C)Cc1ccncc1. The molecule has 0 atom stereocenters. The molecule has 2 aromatic rings. The van der Waals surface area contributed by atoms with Gasteiger partial charge in [0.25, 0.3) is 0 Å². The molecule has 0 aliphatic heterocycles. The monoisotopic (exact) mass is 267 g/mol. The summed E-state index contributed by atoms with van der Waals surface area (Å²) in [4.78, 5) is 6.40. The summed E-state index contributed by atoms with van der Waals surface area (Å²) in [6, 6.07) is 13.7. The van der Waals surface area contributed by atoms with Crippen LogP contribution in [0.4, 0.5) is 0 Å². The minimum Gasteiger partial charge on any atom is -0.298 e. The van der Waals surface area contributed by atoms with Gasteiger partial charge in [-0.2, -0.15) is 0 Å². The van der Waals surface area contributed by atoms with Crippen molar-refractivity contribution >= 4 is 0 Å². The van der Waals surface area contributed by atoms with Gasteiger partial charge in [-0.15, -0.1) is 0 Å². The highest BCUT2D eigenvalue weighted by atomic mass is 15.1. The smallest absolute Gasteiger partial charge is 0.0271 e.